The molecule has 72 valence electrons. The fourth-order valence-corrected chi connectivity index (χ4v) is 1.56. The van der Waals surface area contributed by atoms with Crippen LogP contribution in [0.1, 0.15) is 0 Å². The number of hydrogen-bond donors (Lipinski definition) is 2. The van der Waals surface area contributed by atoms with Gasteiger partial charge >= 0.3 is 0 Å². The molecule has 0 unspecified atom stereocenters. The summed E-state index contributed by atoms with van der Waals surface area (Å²) in [5.41, 5.74) is 0.642. The van der Waals surface area contributed by atoms with E-state index in [9.17, 15) is 4.79 Å². The Balaban J connectivity index is 2.77. The van der Waals surface area contributed by atoms with Gasteiger partial charge < -0.3 is 10.3 Å². The third-order valence-electron chi connectivity index (χ3n) is 1.94. The third kappa shape index (κ3) is 1.50. The van der Waals surface area contributed by atoms with Crippen LogP contribution in [0.2, 0.25) is 0 Å². The van der Waals surface area contributed by atoms with Crippen LogP contribution in [0.3, 0.4) is 0 Å². The lowest BCUT2D eigenvalue weighted by Gasteiger charge is -2.01. The van der Waals surface area contributed by atoms with Crippen molar-refractivity contribution in [3.63, 3.8) is 0 Å². The van der Waals surface area contributed by atoms with E-state index < -0.39 is 0 Å². The molecule has 0 saturated carbocycles. The molecule has 0 amide bonds. The van der Waals surface area contributed by atoms with Crippen molar-refractivity contribution in [3.05, 3.63) is 33.2 Å². The normalized spacial score (nSPS) is 10.4. The number of halogens is 1. The van der Waals surface area contributed by atoms with Gasteiger partial charge in [0.15, 0.2) is 0 Å². The highest BCUT2D eigenvalue weighted by Crippen LogP contribution is 2.15. The first-order valence-corrected chi connectivity index (χ1v) is 4.86. The Labute approximate surface area is 88.5 Å². The van der Waals surface area contributed by atoms with Crippen LogP contribution < -0.4 is 10.9 Å². The lowest BCUT2D eigenvalue weighted by atomic mass is 10.3. The fourth-order valence-electron chi connectivity index (χ4n) is 1.21. The molecule has 2 aromatic heterocycles. The Morgan fingerprint density at radius 3 is 3.00 bits per heavy atom. The number of rotatable bonds is 1. The number of fused-ring (bicyclic) bond motifs is 1. The molecule has 5 heteroatoms. The predicted molar refractivity (Wildman–Crippen MR) is 59.6 cm³/mol. The van der Waals surface area contributed by atoms with E-state index in [1.165, 1.54) is 0 Å². The summed E-state index contributed by atoms with van der Waals surface area (Å²) in [6, 6.07) is 3.55. The second-order valence-electron chi connectivity index (χ2n) is 2.85. The van der Waals surface area contributed by atoms with Crippen LogP contribution in [0.5, 0.6) is 0 Å². The lowest BCUT2D eigenvalue weighted by molar-refractivity contribution is 1.25. The van der Waals surface area contributed by atoms with E-state index in [2.05, 4.69) is 31.2 Å². The number of hydrogen-bond acceptors (Lipinski definition) is 3. The van der Waals surface area contributed by atoms with Crippen LogP contribution in [-0.4, -0.2) is 17.0 Å². The Hall–Kier alpha value is -1.36. The maximum absolute atomic E-state index is 11.3. The molecule has 14 heavy (non-hydrogen) atoms. The van der Waals surface area contributed by atoms with Crippen LogP contribution >= 0.6 is 15.9 Å². The van der Waals surface area contributed by atoms with Crippen LogP contribution in [-0.2, 0) is 0 Å². The van der Waals surface area contributed by atoms with Crippen molar-refractivity contribution in [1.82, 2.24) is 9.97 Å². The first-order chi connectivity index (χ1) is 6.70. The number of anilines is 1. The van der Waals surface area contributed by atoms with Crippen molar-refractivity contribution < 1.29 is 0 Å². The molecule has 2 aromatic rings. The number of H-pyrrole nitrogens is 1. The molecular weight excluding hydrogens is 246 g/mol. The molecule has 2 heterocycles. The first-order valence-electron chi connectivity index (χ1n) is 4.07. The molecule has 0 aromatic carbocycles. The minimum absolute atomic E-state index is 0.134. The van der Waals surface area contributed by atoms with Crippen molar-refractivity contribution in [2.45, 2.75) is 0 Å². The molecule has 0 bridgehead atoms. The minimum atomic E-state index is -0.134. The molecule has 0 spiro atoms. The highest BCUT2D eigenvalue weighted by atomic mass is 79.9. The van der Waals surface area contributed by atoms with Crippen LogP contribution in [0.25, 0.3) is 10.9 Å². The second kappa shape index (κ2) is 3.42. The summed E-state index contributed by atoms with van der Waals surface area (Å²) < 4.78 is 0.518. The molecule has 0 aliphatic carbocycles. The molecule has 0 saturated heterocycles. The Morgan fingerprint density at radius 1 is 1.50 bits per heavy atom. The smallest absolute Gasteiger partial charge is 0.262 e. The van der Waals surface area contributed by atoms with Gasteiger partial charge in [0.05, 0.1) is 9.99 Å². The van der Waals surface area contributed by atoms with Crippen LogP contribution in [0.15, 0.2) is 27.6 Å². The molecule has 0 aliphatic heterocycles. The molecule has 2 rings (SSSR count). The molecule has 0 fully saturated rings. The third-order valence-corrected chi connectivity index (χ3v) is 2.53. The summed E-state index contributed by atoms with van der Waals surface area (Å²) in [5.74, 6) is 0.732. The van der Waals surface area contributed by atoms with E-state index in [1.54, 1.807) is 25.4 Å². The summed E-state index contributed by atoms with van der Waals surface area (Å²) >= 11 is 3.16. The molecule has 0 radical (unpaired) electrons. The average Bonchev–Trinajstić information content (AvgIpc) is 2.19. The SMILES string of the molecule is CNc1cc2[nH]c(=O)c(Br)cc2cn1. The van der Waals surface area contributed by atoms with Gasteiger partial charge in [0.1, 0.15) is 5.82 Å². The van der Waals surface area contributed by atoms with Gasteiger partial charge in [-0.05, 0) is 22.0 Å². The highest BCUT2D eigenvalue weighted by Gasteiger charge is 2.00. The van der Waals surface area contributed by atoms with Gasteiger partial charge in [-0.1, -0.05) is 0 Å². The maximum Gasteiger partial charge on any atom is 0.262 e. The first kappa shape index (κ1) is 9.21. The number of nitrogens with one attached hydrogen (secondary N) is 2. The summed E-state index contributed by atoms with van der Waals surface area (Å²) in [4.78, 5) is 18.2. The number of pyridine rings is 2. The zero-order valence-corrected chi connectivity index (χ0v) is 9.05. The summed E-state index contributed by atoms with van der Waals surface area (Å²) in [6.07, 6.45) is 1.71. The highest BCUT2D eigenvalue weighted by molar-refractivity contribution is 9.10. The van der Waals surface area contributed by atoms with Gasteiger partial charge in [0.2, 0.25) is 0 Å². The van der Waals surface area contributed by atoms with Gasteiger partial charge in [-0.2, -0.15) is 0 Å². The zero-order chi connectivity index (χ0) is 10.1. The molecule has 4 nitrogen and oxygen atoms in total. The minimum Gasteiger partial charge on any atom is -0.373 e. The molecule has 0 atom stereocenters. The van der Waals surface area contributed by atoms with E-state index in [1.807, 2.05) is 0 Å². The lowest BCUT2D eigenvalue weighted by Crippen LogP contribution is -2.06. The summed E-state index contributed by atoms with van der Waals surface area (Å²) in [7, 11) is 1.78. The summed E-state index contributed by atoms with van der Waals surface area (Å²) in [5, 5.41) is 3.81. The van der Waals surface area contributed by atoms with Gasteiger partial charge in [-0.15, -0.1) is 0 Å². The van der Waals surface area contributed by atoms with Crippen molar-refractivity contribution >= 4 is 32.7 Å². The largest absolute Gasteiger partial charge is 0.373 e. The van der Waals surface area contributed by atoms with Crippen LogP contribution in [0.4, 0.5) is 5.82 Å². The Kier molecular flexibility index (Phi) is 2.25. The second-order valence-corrected chi connectivity index (χ2v) is 3.71. The number of nitrogens with zero attached hydrogens (tertiary/aromatic N) is 1. The number of aromatic nitrogens is 2. The monoisotopic (exact) mass is 253 g/mol. The van der Waals surface area contributed by atoms with Crippen molar-refractivity contribution in [2.75, 3.05) is 12.4 Å². The summed E-state index contributed by atoms with van der Waals surface area (Å²) in [6.45, 7) is 0. The van der Waals surface area contributed by atoms with E-state index in [-0.39, 0.29) is 5.56 Å². The molecular formula is C9H8BrN3O. The number of aromatic amines is 1. The quantitative estimate of drug-likeness (QED) is 0.814. The average molecular weight is 254 g/mol. The van der Waals surface area contributed by atoms with Gasteiger partial charge in [0.25, 0.3) is 5.56 Å². The topological polar surface area (TPSA) is 57.8 Å². The van der Waals surface area contributed by atoms with Gasteiger partial charge in [-0.3, -0.25) is 4.79 Å². The Morgan fingerprint density at radius 2 is 2.29 bits per heavy atom. The van der Waals surface area contributed by atoms with Gasteiger partial charge in [0, 0.05) is 24.7 Å². The van der Waals surface area contributed by atoms with Gasteiger partial charge in [-0.25, -0.2) is 4.98 Å². The van der Waals surface area contributed by atoms with E-state index in [4.69, 9.17) is 0 Å². The fraction of sp³-hybridized carbons (Fsp3) is 0.111. The van der Waals surface area contributed by atoms with Crippen LogP contribution in [0, 0.1) is 0 Å². The Bertz CT molecular complexity index is 535. The maximum atomic E-state index is 11.3. The molecule has 0 aliphatic rings. The van der Waals surface area contributed by atoms with E-state index >= 15 is 0 Å². The predicted octanol–water partition coefficient (Wildman–Crippen LogP) is 1.73. The molecule has 2 N–H and O–H groups in total. The van der Waals surface area contributed by atoms with Crippen molar-refractivity contribution in [1.29, 1.82) is 0 Å². The van der Waals surface area contributed by atoms with Crippen molar-refractivity contribution in [2.24, 2.45) is 0 Å². The van der Waals surface area contributed by atoms with E-state index in [0.717, 1.165) is 16.7 Å². The zero-order valence-electron chi connectivity index (χ0n) is 7.47. The van der Waals surface area contributed by atoms with Crippen molar-refractivity contribution in [3.8, 4) is 0 Å². The standard InChI is InChI=1S/C9H8BrN3O/c1-11-8-3-7-5(4-12-8)2-6(10)9(14)13-7/h2-4H,1H3,(H,11,12)(H,13,14). The van der Waals surface area contributed by atoms with E-state index in [0.29, 0.717) is 4.47 Å².